The number of hydrogen-bond donors (Lipinski definition) is 1. The van der Waals surface area contributed by atoms with Crippen molar-refractivity contribution in [2.24, 2.45) is 0 Å². The second kappa shape index (κ2) is 7.64. The van der Waals surface area contributed by atoms with Gasteiger partial charge in [0.15, 0.2) is 0 Å². The molecule has 1 N–H and O–H groups in total. The minimum atomic E-state index is 0.536. The average molecular weight is 280 g/mol. The zero-order valence-corrected chi connectivity index (χ0v) is 13.0. The molecule has 2 unspecified atom stereocenters. The van der Waals surface area contributed by atoms with Gasteiger partial charge in [0, 0.05) is 50.8 Å². The van der Waals surface area contributed by atoms with Crippen LogP contribution < -0.4 is 5.32 Å². The fraction of sp³-hybridized carbons (Fsp3) is 0.800. The minimum Gasteiger partial charge on any atom is -0.382 e. The van der Waals surface area contributed by atoms with Gasteiger partial charge < -0.3 is 19.5 Å². The minimum absolute atomic E-state index is 0.536. The number of ether oxygens (including phenoxy) is 1. The molecule has 1 aromatic rings. The van der Waals surface area contributed by atoms with Crippen LogP contribution in [0.2, 0.25) is 0 Å². The Kier molecular flexibility index (Phi) is 5.86. The van der Waals surface area contributed by atoms with E-state index in [-0.39, 0.29) is 0 Å². The van der Waals surface area contributed by atoms with Crippen LogP contribution in [0.5, 0.6) is 0 Å². The highest BCUT2D eigenvalue weighted by Crippen LogP contribution is 2.19. The summed E-state index contributed by atoms with van der Waals surface area (Å²) in [4.78, 5) is 6.87. The fourth-order valence-electron chi connectivity index (χ4n) is 2.71. The van der Waals surface area contributed by atoms with Gasteiger partial charge in [0.2, 0.25) is 5.95 Å². The standard InChI is InChI=1S/C15H28N4O/c1-4-20-11-5-8-19-10-7-16-15(19)17-14-6-9-18(3)13(2)12-14/h7,10,13-14H,4-6,8-9,11-12H2,1-3H3,(H,16,17). The summed E-state index contributed by atoms with van der Waals surface area (Å²) in [5, 5.41) is 3.61. The normalized spacial score (nSPS) is 23.9. The van der Waals surface area contributed by atoms with Crippen LogP contribution in [0.25, 0.3) is 0 Å². The van der Waals surface area contributed by atoms with E-state index >= 15 is 0 Å². The number of nitrogens with one attached hydrogen (secondary N) is 1. The number of imidazole rings is 1. The van der Waals surface area contributed by atoms with Crippen molar-refractivity contribution in [1.82, 2.24) is 14.5 Å². The molecule has 1 saturated heterocycles. The van der Waals surface area contributed by atoms with Crippen LogP contribution in [0.1, 0.15) is 33.1 Å². The average Bonchev–Trinajstić information content (AvgIpc) is 2.86. The maximum Gasteiger partial charge on any atom is 0.202 e. The Bertz CT molecular complexity index is 393. The van der Waals surface area contributed by atoms with Gasteiger partial charge in [-0.3, -0.25) is 0 Å². The Labute approximate surface area is 122 Å². The summed E-state index contributed by atoms with van der Waals surface area (Å²) in [7, 11) is 2.20. The molecular formula is C15H28N4O. The number of hydrogen-bond acceptors (Lipinski definition) is 4. The number of aryl methyl sites for hydroxylation is 1. The highest BCUT2D eigenvalue weighted by atomic mass is 16.5. The lowest BCUT2D eigenvalue weighted by atomic mass is 9.99. The summed E-state index contributed by atoms with van der Waals surface area (Å²) in [5.41, 5.74) is 0. The SMILES string of the molecule is CCOCCCn1ccnc1NC1CCN(C)C(C)C1. The lowest BCUT2D eigenvalue weighted by molar-refractivity contribution is 0.141. The molecule has 20 heavy (non-hydrogen) atoms. The fourth-order valence-corrected chi connectivity index (χ4v) is 2.71. The summed E-state index contributed by atoms with van der Waals surface area (Å²) < 4.78 is 7.58. The second-order valence-electron chi connectivity index (χ2n) is 5.69. The van der Waals surface area contributed by atoms with Gasteiger partial charge in [-0.05, 0) is 40.2 Å². The molecule has 0 radical (unpaired) electrons. The topological polar surface area (TPSA) is 42.3 Å². The van der Waals surface area contributed by atoms with Crippen LogP contribution in [0.3, 0.4) is 0 Å². The predicted molar refractivity (Wildman–Crippen MR) is 82.1 cm³/mol. The van der Waals surface area contributed by atoms with Crippen molar-refractivity contribution in [1.29, 1.82) is 0 Å². The van der Waals surface area contributed by atoms with Crippen molar-refractivity contribution in [3.8, 4) is 0 Å². The first kappa shape index (κ1) is 15.3. The molecule has 1 aromatic heterocycles. The Hall–Kier alpha value is -1.07. The summed E-state index contributed by atoms with van der Waals surface area (Å²) in [6.07, 6.45) is 7.33. The zero-order chi connectivity index (χ0) is 14.4. The van der Waals surface area contributed by atoms with Gasteiger partial charge in [0.1, 0.15) is 0 Å². The van der Waals surface area contributed by atoms with E-state index in [1.807, 2.05) is 19.3 Å². The van der Waals surface area contributed by atoms with Crippen molar-refractivity contribution in [2.75, 3.05) is 32.1 Å². The van der Waals surface area contributed by atoms with Crippen LogP contribution in [0.15, 0.2) is 12.4 Å². The molecule has 0 aliphatic carbocycles. The first-order chi connectivity index (χ1) is 9.70. The van der Waals surface area contributed by atoms with Crippen molar-refractivity contribution in [2.45, 2.75) is 51.7 Å². The van der Waals surface area contributed by atoms with Crippen LogP contribution in [-0.2, 0) is 11.3 Å². The van der Waals surface area contributed by atoms with E-state index in [0.29, 0.717) is 12.1 Å². The molecule has 0 spiro atoms. The van der Waals surface area contributed by atoms with Crippen LogP contribution >= 0.6 is 0 Å². The summed E-state index contributed by atoms with van der Waals surface area (Å²) in [5.74, 6) is 1.00. The molecule has 0 bridgehead atoms. The van der Waals surface area contributed by atoms with Gasteiger partial charge in [-0.1, -0.05) is 0 Å². The molecule has 5 heteroatoms. The van der Waals surface area contributed by atoms with Gasteiger partial charge in [0.25, 0.3) is 0 Å². The number of likely N-dealkylation sites (tertiary alicyclic amines) is 1. The first-order valence-corrected chi connectivity index (χ1v) is 7.76. The molecule has 114 valence electrons. The monoisotopic (exact) mass is 280 g/mol. The van der Waals surface area contributed by atoms with E-state index in [1.54, 1.807) is 0 Å². The maximum absolute atomic E-state index is 5.39. The predicted octanol–water partition coefficient (Wildman–Crippen LogP) is 2.20. The Morgan fingerprint density at radius 1 is 1.50 bits per heavy atom. The van der Waals surface area contributed by atoms with Gasteiger partial charge in [0.05, 0.1) is 0 Å². The Balaban J connectivity index is 1.82. The molecule has 1 aliphatic rings. The lowest BCUT2D eigenvalue weighted by Gasteiger charge is -2.35. The van der Waals surface area contributed by atoms with E-state index in [9.17, 15) is 0 Å². The summed E-state index contributed by atoms with van der Waals surface area (Å²) in [6, 6.07) is 1.18. The molecule has 2 rings (SSSR count). The molecule has 2 heterocycles. The van der Waals surface area contributed by atoms with Crippen molar-refractivity contribution >= 4 is 5.95 Å². The third kappa shape index (κ3) is 4.21. The van der Waals surface area contributed by atoms with Crippen LogP contribution in [0.4, 0.5) is 5.95 Å². The number of rotatable bonds is 7. The Morgan fingerprint density at radius 2 is 2.35 bits per heavy atom. The number of aromatic nitrogens is 2. The highest BCUT2D eigenvalue weighted by molar-refractivity contribution is 5.28. The molecule has 0 saturated carbocycles. The number of anilines is 1. The van der Waals surface area contributed by atoms with Gasteiger partial charge in [-0.2, -0.15) is 0 Å². The second-order valence-corrected chi connectivity index (χ2v) is 5.69. The van der Waals surface area contributed by atoms with Crippen molar-refractivity contribution in [3.63, 3.8) is 0 Å². The first-order valence-electron chi connectivity index (χ1n) is 7.76. The molecule has 2 atom stereocenters. The van der Waals surface area contributed by atoms with Gasteiger partial charge in [-0.25, -0.2) is 4.98 Å². The van der Waals surface area contributed by atoms with E-state index < -0.39 is 0 Å². The van der Waals surface area contributed by atoms with E-state index in [2.05, 4.69) is 33.7 Å². The zero-order valence-electron chi connectivity index (χ0n) is 13.0. The molecular weight excluding hydrogens is 252 g/mol. The molecule has 5 nitrogen and oxygen atoms in total. The highest BCUT2D eigenvalue weighted by Gasteiger charge is 2.23. The summed E-state index contributed by atoms with van der Waals surface area (Å²) >= 11 is 0. The van der Waals surface area contributed by atoms with E-state index in [0.717, 1.165) is 38.7 Å². The van der Waals surface area contributed by atoms with Crippen LogP contribution in [0, 0.1) is 0 Å². The molecule has 0 amide bonds. The molecule has 0 aromatic carbocycles. The van der Waals surface area contributed by atoms with E-state index in [4.69, 9.17) is 4.74 Å². The molecule has 1 fully saturated rings. The van der Waals surface area contributed by atoms with Gasteiger partial charge >= 0.3 is 0 Å². The van der Waals surface area contributed by atoms with E-state index in [1.165, 1.54) is 12.8 Å². The van der Waals surface area contributed by atoms with Gasteiger partial charge in [-0.15, -0.1) is 0 Å². The summed E-state index contributed by atoms with van der Waals surface area (Å²) in [6.45, 7) is 8.06. The number of nitrogens with zero attached hydrogens (tertiary/aromatic N) is 3. The van der Waals surface area contributed by atoms with Crippen molar-refractivity contribution < 1.29 is 4.74 Å². The third-order valence-corrected chi connectivity index (χ3v) is 4.15. The third-order valence-electron chi connectivity index (χ3n) is 4.15. The largest absolute Gasteiger partial charge is 0.382 e. The smallest absolute Gasteiger partial charge is 0.202 e. The maximum atomic E-state index is 5.39. The Morgan fingerprint density at radius 3 is 3.10 bits per heavy atom. The quantitative estimate of drug-likeness (QED) is 0.778. The lowest BCUT2D eigenvalue weighted by Crippen LogP contribution is -2.43. The number of piperidine rings is 1. The molecule has 1 aliphatic heterocycles. The van der Waals surface area contributed by atoms with Crippen molar-refractivity contribution in [3.05, 3.63) is 12.4 Å². The van der Waals surface area contributed by atoms with Crippen LogP contribution in [-0.4, -0.2) is 53.3 Å².